The van der Waals surface area contributed by atoms with Crippen molar-refractivity contribution in [2.75, 3.05) is 19.0 Å². The van der Waals surface area contributed by atoms with Crippen LogP contribution in [-0.2, 0) is 16.1 Å². The van der Waals surface area contributed by atoms with Crippen LogP contribution >= 0.6 is 23.4 Å². The predicted octanol–water partition coefficient (Wildman–Crippen LogP) is 5.28. The first-order valence-electron chi connectivity index (χ1n) is 10.3. The van der Waals surface area contributed by atoms with Crippen LogP contribution in [0.15, 0.2) is 47.6 Å². The first-order chi connectivity index (χ1) is 15.8. The Hall–Kier alpha value is -2.62. The summed E-state index contributed by atoms with van der Waals surface area (Å²) in [4.78, 5) is 12.8. The van der Waals surface area contributed by atoms with Crippen LogP contribution in [0.25, 0.3) is 0 Å². The van der Waals surface area contributed by atoms with Crippen LogP contribution in [0.2, 0.25) is 5.02 Å². The molecule has 176 valence electrons. The van der Waals surface area contributed by atoms with Gasteiger partial charge in [0.2, 0.25) is 5.91 Å². The van der Waals surface area contributed by atoms with Crippen LogP contribution in [0.5, 0.6) is 5.75 Å². The summed E-state index contributed by atoms with van der Waals surface area (Å²) in [5.41, 5.74) is 1.46. The van der Waals surface area contributed by atoms with E-state index in [0.717, 1.165) is 5.56 Å². The molecule has 0 aliphatic heterocycles. The molecule has 1 heterocycles. The SMILES string of the molecule is COCC(C)n1c(COc2ccccc2F)nnc1SC(C)C(=O)Nc1cccc(Cl)c1C. The van der Waals surface area contributed by atoms with Crippen LogP contribution in [-0.4, -0.2) is 39.6 Å². The number of halogens is 2. The maximum atomic E-state index is 13.9. The lowest BCUT2D eigenvalue weighted by Gasteiger charge is -2.19. The molecule has 0 saturated heterocycles. The maximum absolute atomic E-state index is 13.9. The topological polar surface area (TPSA) is 78.3 Å². The number of amides is 1. The zero-order valence-corrected chi connectivity index (χ0v) is 20.4. The van der Waals surface area contributed by atoms with Crippen molar-refractivity contribution in [3.05, 3.63) is 64.7 Å². The molecule has 3 aromatic rings. The lowest BCUT2D eigenvalue weighted by Crippen LogP contribution is -2.24. The van der Waals surface area contributed by atoms with Crippen molar-refractivity contribution in [3.63, 3.8) is 0 Å². The van der Waals surface area contributed by atoms with Crippen molar-refractivity contribution < 1.29 is 18.7 Å². The second-order valence-corrected chi connectivity index (χ2v) is 9.17. The highest BCUT2D eigenvalue weighted by molar-refractivity contribution is 8.00. The van der Waals surface area contributed by atoms with Crippen molar-refractivity contribution in [3.8, 4) is 5.75 Å². The maximum Gasteiger partial charge on any atom is 0.237 e. The smallest absolute Gasteiger partial charge is 0.237 e. The Morgan fingerprint density at radius 3 is 2.70 bits per heavy atom. The quantitative estimate of drug-likeness (QED) is 0.388. The Morgan fingerprint density at radius 2 is 1.97 bits per heavy atom. The van der Waals surface area contributed by atoms with Gasteiger partial charge in [0.1, 0.15) is 6.61 Å². The number of carbonyl (C=O) groups is 1. The van der Waals surface area contributed by atoms with Crippen molar-refractivity contribution in [2.45, 2.75) is 43.8 Å². The summed E-state index contributed by atoms with van der Waals surface area (Å²) in [7, 11) is 1.60. The molecule has 3 rings (SSSR count). The normalized spacial score (nSPS) is 12.9. The summed E-state index contributed by atoms with van der Waals surface area (Å²) in [6, 6.07) is 11.4. The molecule has 33 heavy (non-hydrogen) atoms. The monoisotopic (exact) mass is 492 g/mol. The molecule has 0 saturated carbocycles. The molecule has 2 unspecified atom stereocenters. The van der Waals surface area contributed by atoms with Gasteiger partial charge in [-0.15, -0.1) is 10.2 Å². The Morgan fingerprint density at radius 1 is 1.21 bits per heavy atom. The largest absolute Gasteiger partial charge is 0.483 e. The molecule has 1 amide bonds. The van der Waals surface area contributed by atoms with E-state index in [4.69, 9.17) is 21.1 Å². The predicted molar refractivity (Wildman–Crippen MR) is 127 cm³/mol. The Bertz CT molecular complexity index is 1110. The summed E-state index contributed by atoms with van der Waals surface area (Å²) in [5, 5.41) is 12.1. The van der Waals surface area contributed by atoms with Gasteiger partial charge in [-0.05, 0) is 50.6 Å². The van der Waals surface area contributed by atoms with Gasteiger partial charge in [-0.25, -0.2) is 4.39 Å². The first-order valence-corrected chi connectivity index (χ1v) is 11.6. The van der Waals surface area contributed by atoms with Crippen molar-refractivity contribution >= 4 is 35.0 Å². The van der Waals surface area contributed by atoms with Gasteiger partial charge in [-0.3, -0.25) is 9.36 Å². The molecule has 0 fully saturated rings. The third-order valence-electron chi connectivity index (χ3n) is 4.95. The van der Waals surface area contributed by atoms with E-state index >= 15 is 0 Å². The van der Waals surface area contributed by atoms with E-state index in [0.29, 0.717) is 28.3 Å². The highest BCUT2D eigenvalue weighted by Crippen LogP contribution is 2.29. The zero-order valence-electron chi connectivity index (χ0n) is 18.8. The van der Waals surface area contributed by atoms with E-state index in [1.54, 1.807) is 50.4 Å². The number of hydrogen-bond acceptors (Lipinski definition) is 6. The molecule has 1 N–H and O–H groups in total. The number of aromatic nitrogens is 3. The fourth-order valence-electron chi connectivity index (χ4n) is 3.14. The lowest BCUT2D eigenvalue weighted by atomic mass is 10.2. The van der Waals surface area contributed by atoms with Gasteiger partial charge in [0.15, 0.2) is 22.5 Å². The molecule has 0 spiro atoms. The fraction of sp³-hybridized carbons (Fsp3) is 0.348. The van der Waals surface area contributed by atoms with Crippen LogP contribution in [0, 0.1) is 12.7 Å². The highest BCUT2D eigenvalue weighted by Gasteiger charge is 2.24. The van der Waals surface area contributed by atoms with Crippen LogP contribution in [0.3, 0.4) is 0 Å². The van der Waals surface area contributed by atoms with Gasteiger partial charge in [-0.2, -0.15) is 0 Å². The molecule has 2 atom stereocenters. The van der Waals surface area contributed by atoms with Crippen LogP contribution in [0.1, 0.15) is 31.3 Å². The Balaban J connectivity index is 1.76. The number of nitrogens with zero attached hydrogens (tertiary/aromatic N) is 3. The average Bonchev–Trinajstić information content (AvgIpc) is 3.18. The summed E-state index contributed by atoms with van der Waals surface area (Å²) in [5.74, 6) is -0.0120. The number of hydrogen-bond donors (Lipinski definition) is 1. The second kappa shape index (κ2) is 11.5. The number of thioether (sulfide) groups is 1. The highest BCUT2D eigenvalue weighted by atomic mass is 35.5. The van der Waals surface area contributed by atoms with E-state index in [1.807, 2.05) is 18.4 Å². The van der Waals surface area contributed by atoms with E-state index in [9.17, 15) is 9.18 Å². The fourth-order valence-corrected chi connectivity index (χ4v) is 4.28. The lowest BCUT2D eigenvalue weighted by molar-refractivity contribution is -0.115. The zero-order chi connectivity index (χ0) is 24.0. The number of carbonyl (C=O) groups excluding carboxylic acids is 1. The van der Waals surface area contributed by atoms with E-state index in [1.165, 1.54) is 17.8 Å². The summed E-state index contributed by atoms with van der Waals surface area (Å²) < 4.78 is 26.7. The standard InChI is InChI=1S/C23H26ClFN4O3S/c1-14(12-31-4)29-21(13-32-20-11-6-5-9-18(20)25)27-28-23(29)33-16(3)22(30)26-19-10-7-8-17(24)15(19)2/h5-11,14,16H,12-13H2,1-4H3,(H,26,30). The van der Waals surface area contributed by atoms with Gasteiger partial charge in [-0.1, -0.05) is 41.6 Å². The average molecular weight is 493 g/mol. The van der Waals surface area contributed by atoms with Crippen LogP contribution in [0.4, 0.5) is 10.1 Å². The first kappa shape index (κ1) is 25.0. The van der Waals surface area contributed by atoms with Crippen molar-refractivity contribution in [1.29, 1.82) is 0 Å². The number of nitrogens with one attached hydrogen (secondary N) is 1. The number of ether oxygens (including phenoxy) is 2. The van der Waals surface area contributed by atoms with Gasteiger partial charge in [0, 0.05) is 17.8 Å². The molecule has 2 aromatic carbocycles. The van der Waals surface area contributed by atoms with Gasteiger partial charge >= 0.3 is 0 Å². The van der Waals surface area contributed by atoms with Crippen molar-refractivity contribution in [2.24, 2.45) is 0 Å². The molecular weight excluding hydrogens is 467 g/mol. The molecule has 1 aromatic heterocycles. The number of methoxy groups -OCH3 is 1. The Kier molecular flexibility index (Phi) is 8.71. The molecular formula is C23H26ClFN4O3S. The van der Waals surface area contributed by atoms with Gasteiger partial charge in [0.05, 0.1) is 17.9 Å². The summed E-state index contributed by atoms with van der Waals surface area (Å²) in [6.07, 6.45) is 0. The minimum absolute atomic E-state index is 0.0187. The number of rotatable bonds is 10. The minimum atomic E-state index is -0.471. The molecule has 7 nitrogen and oxygen atoms in total. The third kappa shape index (κ3) is 6.25. The number of para-hydroxylation sites is 1. The van der Waals surface area contributed by atoms with Crippen LogP contribution < -0.4 is 10.1 Å². The van der Waals surface area contributed by atoms with E-state index in [-0.39, 0.29) is 24.3 Å². The van der Waals surface area contributed by atoms with Gasteiger partial charge < -0.3 is 14.8 Å². The van der Waals surface area contributed by atoms with Crippen molar-refractivity contribution in [1.82, 2.24) is 14.8 Å². The summed E-state index contributed by atoms with van der Waals surface area (Å²) >= 11 is 7.42. The molecule has 0 bridgehead atoms. The third-order valence-corrected chi connectivity index (χ3v) is 6.42. The van der Waals surface area contributed by atoms with E-state index in [2.05, 4.69) is 15.5 Å². The minimum Gasteiger partial charge on any atom is -0.483 e. The number of anilines is 1. The molecule has 0 aliphatic carbocycles. The Labute approximate surface area is 201 Å². The second-order valence-electron chi connectivity index (χ2n) is 7.45. The summed E-state index contributed by atoms with van der Waals surface area (Å²) in [6.45, 7) is 6.01. The molecule has 0 aliphatic rings. The number of benzene rings is 2. The molecule has 10 heteroatoms. The van der Waals surface area contributed by atoms with Gasteiger partial charge in [0.25, 0.3) is 0 Å². The van der Waals surface area contributed by atoms with E-state index < -0.39 is 11.1 Å². The molecule has 0 radical (unpaired) electrons.